The standard InChI is InChI=1S/C20H33NOSSi/c1-22-19-12-10-18(11-13-19)21-20(14-15-24(2,3)4)23-16-17-8-6-5-7-9-17/h10-13,17H,5-9,14-16H2,1-4H3. The maximum absolute atomic E-state index is 5.25. The summed E-state index contributed by atoms with van der Waals surface area (Å²) in [5.74, 6) is 3.05. The van der Waals surface area contributed by atoms with Gasteiger partial charge in [0.2, 0.25) is 0 Å². The van der Waals surface area contributed by atoms with Crippen LogP contribution in [0, 0.1) is 5.92 Å². The monoisotopic (exact) mass is 363 g/mol. The Labute approximate surface area is 153 Å². The molecule has 1 saturated carbocycles. The van der Waals surface area contributed by atoms with Gasteiger partial charge in [0.05, 0.1) is 17.8 Å². The van der Waals surface area contributed by atoms with Crippen LogP contribution in [0.5, 0.6) is 5.75 Å². The van der Waals surface area contributed by atoms with Crippen LogP contribution in [0.3, 0.4) is 0 Å². The molecule has 0 spiro atoms. The summed E-state index contributed by atoms with van der Waals surface area (Å²) in [6.45, 7) is 7.34. The van der Waals surface area contributed by atoms with Crippen molar-refractivity contribution in [3.05, 3.63) is 24.3 Å². The van der Waals surface area contributed by atoms with E-state index in [1.165, 1.54) is 48.9 Å². The van der Waals surface area contributed by atoms with Gasteiger partial charge in [0.25, 0.3) is 0 Å². The van der Waals surface area contributed by atoms with E-state index in [9.17, 15) is 0 Å². The third-order valence-electron chi connectivity index (χ3n) is 4.63. The zero-order valence-corrected chi connectivity index (χ0v) is 17.6. The summed E-state index contributed by atoms with van der Waals surface area (Å²) in [6, 6.07) is 9.45. The number of aliphatic imine (C=N–C) groups is 1. The summed E-state index contributed by atoms with van der Waals surface area (Å²) < 4.78 is 5.25. The fourth-order valence-corrected chi connectivity index (χ4v) is 5.36. The minimum absolute atomic E-state index is 0.896. The number of rotatable bonds is 7. The largest absolute Gasteiger partial charge is 0.497 e. The summed E-state index contributed by atoms with van der Waals surface area (Å²) in [6.07, 6.45) is 8.24. The minimum atomic E-state index is -1.03. The number of ether oxygens (including phenoxy) is 1. The Balaban J connectivity index is 2.00. The molecular formula is C20H33NOSSi. The van der Waals surface area contributed by atoms with E-state index < -0.39 is 8.07 Å². The van der Waals surface area contributed by atoms with Gasteiger partial charge in [0.1, 0.15) is 5.75 Å². The Morgan fingerprint density at radius 2 is 1.79 bits per heavy atom. The zero-order valence-electron chi connectivity index (χ0n) is 15.8. The molecule has 0 saturated heterocycles. The third kappa shape index (κ3) is 7.43. The summed E-state index contributed by atoms with van der Waals surface area (Å²) in [7, 11) is 0.671. The van der Waals surface area contributed by atoms with Crippen molar-refractivity contribution in [2.75, 3.05) is 12.9 Å². The highest BCUT2D eigenvalue weighted by Gasteiger charge is 2.17. The Morgan fingerprint density at radius 3 is 2.38 bits per heavy atom. The molecular weight excluding hydrogens is 330 g/mol. The van der Waals surface area contributed by atoms with E-state index in [1.54, 1.807) is 7.11 Å². The van der Waals surface area contributed by atoms with Gasteiger partial charge in [0, 0.05) is 13.8 Å². The molecule has 0 bridgehead atoms. The van der Waals surface area contributed by atoms with Crippen LogP contribution in [-0.4, -0.2) is 26.0 Å². The molecule has 0 heterocycles. The van der Waals surface area contributed by atoms with Crippen LogP contribution >= 0.6 is 11.8 Å². The predicted molar refractivity (Wildman–Crippen MR) is 112 cm³/mol. The Morgan fingerprint density at radius 1 is 1.12 bits per heavy atom. The molecule has 0 aliphatic heterocycles. The molecule has 1 aliphatic carbocycles. The number of nitrogens with zero attached hydrogens (tertiary/aromatic N) is 1. The van der Waals surface area contributed by atoms with Crippen molar-refractivity contribution in [2.45, 2.75) is 64.2 Å². The van der Waals surface area contributed by atoms with Gasteiger partial charge in [-0.15, -0.1) is 11.8 Å². The Kier molecular flexibility index (Phi) is 7.89. The van der Waals surface area contributed by atoms with Crippen LogP contribution in [0.2, 0.25) is 25.7 Å². The smallest absolute Gasteiger partial charge is 0.119 e. The molecule has 0 atom stereocenters. The van der Waals surface area contributed by atoms with Crippen molar-refractivity contribution in [1.82, 2.24) is 0 Å². The van der Waals surface area contributed by atoms with Crippen molar-refractivity contribution < 1.29 is 4.74 Å². The molecule has 0 aromatic heterocycles. The summed E-state index contributed by atoms with van der Waals surface area (Å²) in [5, 5.41) is 1.33. The lowest BCUT2D eigenvalue weighted by atomic mass is 9.91. The van der Waals surface area contributed by atoms with Gasteiger partial charge < -0.3 is 4.74 Å². The van der Waals surface area contributed by atoms with E-state index in [1.807, 2.05) is 23.9 Å². The summed E-state index contributed by atoms with van der Waals surface area (Å²) in [5.41, 5.74) is 1.05. The first-order valence-corrected chi connectivity index (χ1v) is 14.0. The number of methoxy groups -OCH3 is 1. The second-order valence-electron chi connectivity index (χ2n) is 8.08. The van der Waals surface area contributed by atoms with E-state index >= 15 is 0 Å². The molecule has 24 heavy (non-hydrogen) atoms. The molecule has 2 nitrogen and oxygen atoms in total. The molecule has 4 heteroatoms. The van der Waals surface area contributed by atoms with Crippen molar-refractivity contribution >= 4 is 30.6 Å². The average Bonchev–Trinajstić information content (AvgIpc) is 2.58. The molecule has 0 N–H and O–H groups in total. The van der Waals surface area contributed by atoms with Crippen molar-refractivity contribution in [3.8, 4) is 5.75 Å². The Hall–Kier alpha value is -0.743. The molecule has 134 valence electrons. The first kappa shape index (κ1) is 19.6. The molecule has 1 fully saturated rings. The van der Waals surface area contributed by atoms with E-state index in [0.717, 1.165) is 23.8 Å². The maximum Gasteiger partial charge on any atom is 0.119 e. The number of hydrogen-bond donors (Lipinski definition) is 0. The number of hydrogen-bond acceptors (Lipinski definition) is 3. The Bertz CT molecular complexity index is 515. The SMILES string of the molecule is COc1ccc(N=C(CC[Si](C)(C)C)SCC2CCCCC2)cc1. The molecule has 0 radical (unpaired) electrons. The van der Waals surface area contributed by atoms with Crippen LogP contribution in [-0.2, 0) is 0 Å². The van der Waals surface area contributed by atoms with E-state index in [-0.39, 0.29) is 0 Å². The van der Waals surface area contributed by atoms with E-state index in [0.29, 0.717) is 0 Å². The van der Waals surface area contributed by atoms with Crippen LogP contribution in [0.25, 0.3) is 0 Å². The van der Waals surface area contributed by atoms with Gasteiger partial charge >= 0.3 is 0 Å². The topological polar surface area (TPSA) is 21.6 Å². The fraction of sp³-hybridized carbons (Fsp3) is 0.650. The van der Waals surface area contributed by atoms with E-state index in [4.69, 9.17) is 9.73 Å². The second-order valence-corrected chi connectivity index (χ2v) is 14.8. The molecule has 2 rings (SSSR count). The van der Waals surface area contributed by atoms with E-state index in [2.05, 4.69) is 31.8 Å². The van der Waals surface area contributed by atoms with Gasteiger partial charge in [-0.05, 0) is 49.4 Å². The average molecular weight is 364 g/mol. The van der Waals surface area contributed by atoms with Gasteiger partial charge in [0.15, 0.2) is 0 Å². The molecule has 1 aliphatic rings. The zero-order chi connectivity index (χ0) is 17.4. The van der Waals surface area contributed by atoms with Crippen molar-refractivity contribution in [2.24, 2.45) is 10.9 Å². The quantitative estimate of drug-likeness (QED) is 0.303. The lowest BCUT2D eigenvalue weighted by Crippen LogP contribution is -2.20. The lowest BCUT2D eigenvalue weighted by molar-refractivity contribution is 0.391. The van der Waals surface area contributed by atoms with Crippen LogP contribution in [0.1, 0.15) is 38.5 Å². The lowest BCUT2D eigenvalue weighted by Gasteiger charge is -2.22. The normalized spacial score (nSPS) is 17.1. The minimum Gasteiger partial charge on any atom is -0.497 e. The maximum atomic E-state index is 5.25. The summed E-state index contributed by atoms with van der Waals surface area (Å²) >= 11 is 2.01. The second kappa shape index (κ2) is 9.67. The van der Waals surface area contributed by atoms with Crippen LogP contribution < -0.4 is 4.74 Å². The molecule has 0 amide bonds. The molecule has 0 unspecified atom stereocenters. The highest BCUT2D eigenvalue weighted by atomic mass is 32.2. The van der Waals surface area contributed by atoms with Crippen molar-refractivity contribution in [1.29, 1.82) is 0 Å². The first-order valence-electron chi connectivity index (χ1n) is 9.31. The van der Waals surface area contributed by atoms with Crippen LogP contribution in [0.15, 0.2) is 29.3 Å². The summed E-state index contributed by atoms with van der Waals surface area (Å²) in [4.78, 5) is 4.97. The van der Waals surface area contributed by atoms with Gasteiger partial charge in [-0.3, -0.25) is 0 Å². The van der Waals surface area contributed by atoms with Gasteiger partial charge in [-0.1, -0.05) is 44.9 Å². The molecule has 1 aromatic rings. The number of thioether (sulfide) groups is 1. The molecule has 1 aromatic carbocycles. The predicted octanol–water partition coefficient (Wildman–Crippen LogP) is 6.77. The first-order chi connectivity index (χ1) is 11.5. The third-order valence-corrected chi connectivity index (χ3v) is 7.64. The van der Waals surface area contributed by atoms with Crippen molar-refractivity contribution in [3.63, 3.8) is 0 Å². The highest BCUT2D eigenvalue weighted by Crippen LogP contribution is 2.30. The number of benzene rings is 1. The van der Waals surface area contributed by atoms with Gasteiger partial charge in [-0.25, -0.2) is 4.99 Å². The van der Waals surface area contributed by atoms with Gasteiger partial charge in [-0.2, -0.15) is 0 Å². The fourth-order valence-electron chi connectivity index (χ4n) is 3.01. The highest BCUT2D eigenvalue weighted by molar-refractivity contribution is 8.13. The van der Waals surface area contributed by atoms with Crippen LogP contribution in [0.4, 0.5) is 5.69 Å².